The van der Waals surface area contributed by atoms with Gasteiger partial charge in [-0.05, 0) is 19.1 Å². The second-order valence-electron chi connectivity index (χ2n) is 4.66. The van der Waals surface area contributed by atoms with E-state index in [0.717, 1.165) is 0 Å². The highest BCUT2D eigenvalue weighted by atomic mass is 19.4. The number of nitrogens with one attached hydrogen (secondary N) is 2. The molecular formula is C15H17F3N2O5. The molecular weight excluding hydrogens is 345 g/mol. The van der Waals surface area contributed by atoms with E-state index in [1.165, 1.54) is 6.07 Å². The molecule has 2 N–H and O–H groups in total. The second-order valence-corrected chi connectivity index (χ2v) is 4.66. The molecule has 138 valence electrons. The number of benzene rings is 1. The van der Waals surface area contributed by atoms with Gasteiger partial charge in [-0.15, -0.1) is 0 Å². The Morgan fingerprint density at radius 3 is 2.44 bits per heavy atom. The zero-order chi connectivity index (χ0) is 18.9. The highest BCUT2D eigenvalue weighted by Crippen LogP contribution is 2.17. The normalized spacial score (nSPS) is 10.7. The Balaban J connectivity index is 2.39. The largest absolute Gasteiger partial charge is 0.493 e. The fourth-order valence-electron chi connectivity index (χ4n) is 1.63. The molecule has 0 atom stereocenters. The van der Waals surface area contributed by atoms with Crippen molar-refractivity contribution in [2.45, 2.75) is 13.1 Å². The molecule has 0 saturated carbocycles. The van der Waals surface area contributed by atoms with Crippen molar-refractivity contribution in [3.63, 3.8) is 0 Å². The smallest absolute Gasteiger partial charge is 0.405 e. The summed E-state index contributed by atoms with van der Waals surface area (Å²) in [4.78, 5) is 34.5. The Kier molecular flexibility index (Phi) is 7.70. The van der Waals surface area contributed by atoms with E-state index in [1.54, 1.807) is 30.4 Å². The van der Waals surface area contributed by atoms with E-state index < -0.39 is 43.7 Å². The number of para-hydroxylation sites is 1. The predicted molar refractivity (Wildman–Crippen MR) is 80.0 cm³/mol. The lowest BCUT2D eigenvalue weighted by atomic mass is 10.2. The number of rotatable bonds is 8. The Morgan fingerprint density at radius 2 is 1.80 bits per heavy atom. The number of hydrogen-bond acceptors (Lipinski definition) is 5. The van der Waals surface area contributed by atoms with Gasteiger partial charge in [0.1, 0.15) is 18.8 Å². The van der Waals surface area contributed by atoms with Crippen LogP contribution >= 0.6 is 0 Å². The summed E-state index contributed by atoms with van der Waals surface area (Å²) in [5.41, 5.74) is 0.208. The van der Waals surface area contributed by atoms with Gasteiger partial charge in [0.2, 0.25) is 0 Å². The summed E-state index contributed by atoms with van der Waals surface area (Å²) in [7, 11) is 0. The summed E-state index contributed by atoms with van der Waals surface area (Å²) in [5, 5.41) is 3.82. The summed E-state index contributed by atoms with van der Waals surface area (Å²) in [5.74, 6) is -2.33. The summed E-state index contributed by atoms with van der Waals surface area (Å²) >= 11 is 0. The summed E-state index contributed by atoms with van der Waals surface area (Å²) in [6.45, 7) is -0.851. The molecule has 0 aromatic heterocycles. The molecule has 0 aliphatic heterocycles. The third-order valence-electron chi connectivity index (χ3n) is 2.68. The van der Waals surface area contributed by atoms with Crippen molar-refractivity contribution in [2.75, 3.05) is 26.3 Å². The molecule has 0 bridgehead atoms. The van der Waals surface area contributed by atoms with Crippen LogP contribution in [0, 0.1) is 0 Å². The minimum absolute atomic E-state index is 0.208. The van der Waals surface area contributed by atoms with Gasteiger partial charge < -0.3 is 20.1 Å². The molecule has 0 spiro atoms. The van der Waals surface area contributed by atoms with Crippen molar-refractivity contribution in [2.24, 2.45) is 0 Å². The van der Waals surface area contributed by atoms with Crippen LogP contribution in [-0.4, -0.2) is 50.3 Å². The molecule has 0 heterocycles. The summed E-state index contributed by atoms with van der Waals surface area (Å²) in [6, 6.07) is 6.37. The van der Waals surface area contributed by atoms with Crippen LogP contribution in [0.5, 0.6) is 5.75 Å². The predicted octanol–water partition coefficient (Wildman–Crippen LogP) is 1.04. The molecule has 0 saturated heterocycles. The van der Waals surface area contributed by atoms with Gasteiger partial charge in [-0.2, -0.15) is 13.2 Å². The van der Waals surface area contributed by atoms with E-state index in [-0.39, 0.29) is 5.56 Å². The lowest BCUT2D eigenvalue weighted by Crippen LogP contribution is -2.37. The standard InChI is InChI=1S/C15H17F3N2O5/c1-2-24-11-6-4-3-5-10(11)14(23)19-7-13(22)25-8-12(21)20-9-15(16,17)18/h3-6H,2,7-9H2,1H3,(H,19,23)(H,20,21). The van der Waals surface area contributed by atoms with Gasteiger partial charge in [0, 0.05) is 0 Å². The van der Waals surface area contributed by atoms with Crippen LogP contribution in [-0.2, 0) is 14.3 Å². The molecule has 25 heavy (non-hydrogen) atoms. The van der Waals surface area contributed by atoms with Gasteiger partial charge in [-0.1, -0.05) is 12.1 Å². The zero-order valence-electron chi connectivity index (χ0n) is 13.3. The van der Waals surface area contributed by atoms with E-state index >= 15 is 0 Å². The van der Waals surface area contributed by atoms with Crippen LogP contribution in [0.1, 0.15) is 17.3 Å². The number of halogens is 3. The van der Waals surface area contributed by atoms with Crippen LogP contribution in [0.25, 0.3) is 0 Å². The van der Waals surface area contributed by atoms with Gasteiger partial charge in [0.05, 0.1) is 12.2 Å². The van der Waals surface area contributed by atoms with Crippen LogP contribution in [0.15, 0.2) is 24.3 Å². The highest BCUT2D eigenvalue weighted by Gasteiger charge is 2.27. The first kappa shape index (κ1) is 20.3. The number of alkyl halides is 3. The van der Waals surface area contributed by atoms with Crippen molar-refractivity contribution >= 4 is 17.8 Å². The van der Waals surface area contributed by atoms with E-state index in [1.807, 2.05) is 0 Å². The first-order valence-corrected chi connectivity index (χ1v) is 7.22. The Labute approximate surface area is 141 Å². The van der Waals surface area contributed by atoms with Gasteiger partial charge in [-0.3, -0.25) is 14.4 Å². The van der Waals surface area contributed by atoms with Crippen molar-refractivity contribution in [3.8, 4) is 5.75 Å². The van der Waals surface area contributed by atoms with Crippen LogP contribution in [0.2, 0.25) is 0 Å². The summed E-state index contributed by atoms with van der Waals surface area (Å²) < 4.78 is 45.4. The fourth-order valence-corrected chi connectivity index (χ4v) is 1.63. The topological polar surface area (TPSA) is 93.7 Å². The van der Waals surface area contributed by atoms with E-state index in [0.29, 0.717) is 12.4 Å². The monoisotopic (exact) mass is 362 g/mol. The molecule has 0 fully saturated rings. The maximum atomic E-state index is 12.0. The van der Waals surface area contributed by atoms with E-state index in [2.05, 4.69) is 10.1 Å². The minimum atomic E-state index is -4.55. The number of carbonyl (C=O) groups excluding carboxylic acids is 3. The SMILES string of the molecule is CCOc1ccccc1C(=O)NCC(=O)OCC(=O)NCC(F)(F)F. The Bertz CT molecular complexity index is 619. The van der Waals surface area contributed by atoms with Crippen LogP contribution in [0.4, 0.5) is 13.2 Å². The average Bonchev–Trinajstić information content (AvgIpc) is 2.56. The first-order valence-electron chi connectivity index (χ1n) is 7.22. The van der Waals surface area contributed by atoms with Gasteiger partial charge >= 0.3 is 12.1 Å². The van der Waals surface area contributed by atoms with Crippen molar-refractivity contribution in [3.05, 3.63) is 29.8 Å². The molecule has 10 heteroatoms. The molecule has 2 amide bonds. The van der Waals surface area contributed by atoms with Gasteiger partial charge in [-0.25, -0.2) is 0 Å². The van der Waals surface area contributed by atoms with Crippen molar-refractivity contribution in [1.82, 2.24) is 10.6 Å². The maximum absolute atomic E-state index is 12.0. The molecule has 7 nitrogen and oxygen atoms in total. The number of carbonyl (C=O) groups is 3. The molecule has 0 aliphatic carbocycles. The quantitative estimate of drug-likeness (QED) is 0.674. The number of esters is 1. The molecule has 1 aromatic rings. The fraction of sp³-hybridized carbons (Fsp3) is 0.400. The Hall–Kier alpha value is -2.78. The molecule has 0 radical (unpaired) electrons. The lowest BCUT2D eigenvalue weighted by Gasteiger charge is -2.11. The molecule has 0 unspecified atom stereocenters. The lowest BCUT2D eigenvalue weighted by molar-refractivity contribution is -0.150. The van der Waals surface area contributed by atoms with Crippen molar-refractivity contribution in [1.29, 1.82) is 0 Å². The molecule has 1 rings (SSSR count). The zero-order valence-corrected chi connectivity index (χ0v) is 13.3. The van der Waals surface area contributed by atoms with Crippen LogP contribution in [0.3, 0.4) is 0 Å². The Morgan fingerprint density at radius 1 is 1.12 bits per heavy atom. The number of hydrogen-bond donors (Lipinski definition) is 2. The summed E-state index contributed by atoms with van der Waals surface area (Å²) in [6.07, 6.45) is -4.55. The van der Waals surface area contributed by atoms with Crippen molar-refractivity contribution < 1.29 is 37.0 Å². The van der Waals surface area contributed by atoms with E-state index in [4.69, 9.17) is 4.74 Å². The average molecular weight is 362 g/mol. The van der Waals surface area contributed by atoms with Gasteiger partial charge in [0.25, 0.3) is 11.8 Å². The first-order chi connectivity index (χ1) is 11.7. The van der Waals surface area contributed by atoms with E-state index in [9.17, 15) is 27.6 Å². The molecule has 1 aromatic carbocycles. The van der Waals surface area contributed by atoms with Gasteiger partial charge in [0.15, 0.2) is 6.61 Å². The third kappa shape index (κ3) is 8.04. The minimum Gasteiger partial charge on any atom is -0.493 e. The van der Waals surface area contributed by atoms with Crippen LogP contribution < -0.4 is 15.4 Å². The number of amides is 2. The third-order valence-corrected chi connectivity index (χ3v) is 2.68. The number of ether oxygens (including phenoxy) is 2. The second kappa shape index (κ2) is 9.50. The maximum Gasteiger partial charge on any atom is 0.405 e. The molecule has 0 aliphatic rings. The highest BCUT2D eigenvalue weighted by molar-refractivity contribution is 5.98.